The molecule has 0 aromatic heterocycles. The summed E-state index contributed by atoms with van der Waals surface area (Å²) >= 11 is 0. The Morgan fingerprint density at radius 1 is 1.43 bits per heavy atom. The van der Waals surface area contributed by atoms with Crippen LogP contribution in [-0.4, -0.2) is 35.2 Å². The number of imide groups is 1. The third-order valence-electron chi connectivity index (χ3n) is 3.40. The molecular weight excluding hydrogens is 302 g/mol. The molecule has 0 fully saturated rings. The summed E-state index contributed by atoms with van der Waals surface area (Å²) in [6.45, 7) is 1.51. The van der Waals surface area contributed by atoms with Crippen molar-refractivity contribution in [2.24, 2.45) is 0 Å². The van der Waals surface area contributed by atoms with Gasteiger partial charge in [0.1, 0.15) is 6.04 Å². The predicted octanol–water partition coefficient (Wildman–Crippen LogP) is 2.02. The quantitative estimate of drug-likeness (QED) is 0.806. The molecule has 1 heterocycles. The molecule has 1 unspecified atom stereocenters. The van der Waals surface area contributed by atoms with E-state index in [1.165, 1.54) is 38.3 Å². The Bertz CT molecular complexity index is 763. The molecule has 2 N–H and O–H groups in total. The van der Waals surface area contributed by atoms with E-state index in [9.17, 15) is 24.8 Å². The Morgan fingerprint density at radius 2 is 2.13 bits per heavy atom. The molecule has 23 heavy (non-hydrogen) atoms. The summed E-state index contributed by atoms with van der Waals surface area (Å²) in [5.74, 6) is -0.604. The maximum absolute atomic E-state index is 12.0. The number of carboxylic acid groups (broad SMARTS) is 1. The molecule has 8 nitrogen and oxygen atoms in total. The molecule has 1 atom stereocenters. The van der Waals surface area contributed by atoms with E-state index in [1.54, 1.807) is 0 Å². The summed E-state index contributed by atoms with van der Waals surface area (Å²) in [4.78, 5) is 35.5. The number of carbonyl (C=O) groups is 3. The first kappa shape index (κ1) is 16.0. The zero-order chi connectivity index (χ0) is 17.1. The summed E-state index contributed by atoms with van der Waals surface area (Å²) in [6, 6.07) is 5.88. The molecule has 0 bridgehead atoms. The molecule has 8 heteroatoms. The summed E-state index contributed by atoms with van der Waals surface area (Å²) in [6.07, 6.45) is -1.50. The first-order valence-corrected chi connectivity index (χ1v) is 6.53. The maximum Gasteiger partial charge on any atom is 0.416 e. The van der Waals surface area contributed by atoms with Gasteiger partial charge in [-0.3, -0.25) is 0 Å². The minimum Gasteiger partial charge on any atom is -0.465 e. The van der Waals surface area contributed by atoms with E-state index in [4.69, 9.17) is 0 Å². The van der Waals surface area contributed by atoms with Crippen LogP contribution in [0.1, 0.15) is 28.9 Å². The van der Waals surface area contributed by atoms with E-state index in [2.05, 4.69) is 10.1 Å². The first-order chi connectivity index (χ1) is 10.9. The molecule has 118 valence electrons. The zero-order valence-corrected chi connectivity index (χ0v) is 12.4. The van der Waals surface area contributed by atoms with E-state index >= 15 is 0 Å². The van der Waals surface area contributed by atoms with E-state index in [1.807, 2.05) is 6.07 Å². The SMILES string of the molecule is COC(=O)c1cccc(C2C(C#N)=C(C)NC(=O)N2C(=O)O)c1. The number of urea groups is 1. The van der Waals surface area contributed by atoms with E-state index in [0.717, 1.165) is 0 Å². The molecule has 1 aliphatic rings. The third kappa shape index (κ3) is 2.85. The van der Waals surface area contributed by atoms with Gasteiger partial charge in [0, 0.05) is 5.70 Å². The average molecular weight is 315 g/mol. The molecule has 0 spiro atoms. The van der Waals surface area contributed by atoms with E-state index < -0.39 is 24.1 Å². The van der Waals surface area contributed by atoms with Gasteiger partial charge in [0.25, 0.3) is 0 Å². The highest BCUT2D eigenvalue weighted by Crippen LogP contribution is 2.33. The van der Waals surface area contributed by atoms with Crippen molar-refractivity contribution in [3.05, 3.63) is 46.7 Å². The van der Waals surface area contributed by atoms with Crippen molar-refractivity contribution < 1.29 is 24.2 Å². The number of hydrogen-bond donors (Lipinski definition) is 2. The molecular formula is C15H13N3O5. The standard InChI is InChI=1S/C15H13N3O5/c1-8-11(7-16)12(18(15(21)22)14(20)17-8)9-4-3-5-10(6-9)13(19)23-2/h3-6,12H,1-2H3,(H,17,20)(H,21,22). The number of esters is 1. The Morgan fingerprint density at radius 3 is 2.70 bits per heavy atom. The van der Waals surface area contributed by atoms with Crippen molar-refractivity contribution in [3.8, 4) is 6.07 Å². The van der Waals surface area contributed by atoms with Gasteiger partial charge in [-0.05, 0) is 24.6 Å². The maximum atomic E-state index is 12.0. The highest BCUT2D eigenvalue weighted by atomic mass is 16.5. The van der Waals surface area contributed by atoms with Gasteiger partial charge in [-0.15, -0.1) is 0 Å². The molecule has 0 radical (unpaired) electrons. The Labute approximate surface area is 131 Å². The second-order valence-electron chi connectivity index (χ2n) is 4.75. The number of nitrogens with zero attached hydrogens (tertiary/aromatic N) is 2. The fourth-order valence-electron chi connectivity index (χ4n) is 2.35. The van der Waals surface area contributed by atoms with Gasteiger partial charge in [0.05, 0.1) is 24.3 Å². The minimum atomic E-state index is -1.50. The van der Waals surface area contributed by atoms with Gasteiger partial charge < -0.3 is 15.2 Å². The topological polar surface area (TPSA) is 120 Å². The summed E-state index contributed by atoms with van der Waals surface area (Å²) in [5.41, 5.74) is 0.856. The molecule has 1 aliphatic heterocycles. The Hall–Kier alpha value is -3.34. The van der Waals surface area contributed by atoms with Crippen LogP contribution in [-0.2, 0) is 4.74 Å². The van der Waals surface area contributed by atoms with Gasteiger partial charge in [0.15, 0.2) is 0 Å². The highest BCUT2D eigenvalue weighted by molar-refractivity contribution is 5.94. The van der Waals surface area contributed by atoms with Gasteiger partial charge in [0.2, 0.25) is 0 Å². The largest absolute Gasteiger partial charge is 0.465 e. The van der Waals surface area contributed by atoms with Gasteiger partial charge in [-0.25, -0.2) is 19.3 Å². The monoisotopic (exact) mass is 315 g/mol. The second kappa shape index (κ2) is 6.19. The summed E-state index contributed by atoms with van der Waals surface area (Å²) < 4.78 is 4.62. The molecule has 1 aromatic carbocycles. The van der Waals surface area contributed by atoms with Crippen molar-refractivity contribution in [2.75, 3.05) is 7.11 Å². The van der Waals surface area contributed by atoms with Crippen molar-refractivity contribution in [1.29, 1.82) is 5.26 Å². The number of carbonyl (C=O) groups excluding carboxylic acids is 2. The number of methoxy groups -OCH3 is 1. The minimum absolute atomic E-state index is 0.0778. The van der Waals surface area contributed by atoms with E-state index in [0.29, 0.717) is 10.5 Å². The Kier molecular flexibility index (Phi) is 4.32. The van der Waals surface area contributed by atoms with Crippen LogP contribution in [0.4, 0.5) is 9.59 Å². The van der Waals surface area contributed by atoms with Crippen molar-refractivity contribution in [1.82, 2.24) is 10.2 Å². The van der Waals surface area contributed by atoms with Crippen LogP contribution in [0.3, 0.4) is 0 Å². The predicted molar refractivity (Wildman–Crippen MR) is 77.2 cm³/mol. The number of nitriles is 1. The summed E-state index contributed by atoms with van der Waals surface area (Å²) in [7, 11) is 1.22. The van der Waals surface area contributed by atoms with Crippen LogP contribution < -0.4 is 5.32 Å². The van der Waals surface area contributed by atoms with Crippen LogP contribution in [0.25, 0.3) is 0 Å². The van der Waals surface area contributed by atoms with Gasteiger partial charge >= 0.3 is 18.1 Å². The van der Waals surface area contributed by atoms with Crippen LogP contribution in [0.2, 0.25) is 0 Å². The highest BCUT2D eigenvalue weighted by Gasteiger charge is 2.39. The fraction of sp³-hybridized carbons (Fsp3) is 0.200. The van der Waals surface area contributed by atoms with Crippen molar-refractivity contribution >= 4 is 18.1 Å². The Balaban J connectivity index is 2.62. The van der Waals surface area contributed by atoms with Crippen LogP contribution >= 0.6 is 0 Å². The smallest absolute Gasteiger partial charge is 0.416 e. The molecule has 2 rings (SSSR count). The summed E-state index contributed by atoms with van der Waals surface area (Å²) in [5, 5.41) is 21.0. The van der Waals surface area contributed by atoms with Crippen molar-refractivity contribution in [2.45, 2.75) is 13.0 Å². The fourth-order valence-corrected chi connectivity index (χ4v) is 2.35. The molecule has 3 amide bonds. The van der Waals surface area contributed by atoms with Gasteiger partial charge in [-0.2, -0.15) is 5.26 Å². The number of hydrogen-bond acceptors (Lipinski definition) is 5. The number of rotatable bonds is 2. The number of allylic oxidation sites excluding steroid dienone is 1. The molecule has 0 saturated carbocycles. The third-order valence-corrected chi connectivity index (χ3v) is 3.40. The van der Waals surface area contributed by atoms with Crippen LogP contribution in [0.15, 0.2) is 35.5 Å². The van der Waals surface area contributed by atoms with E-state index in [-0.39, 0.29) is 16.8 Å². The van der Waals surface area contributed by atoms with Crippen molar-refractivity contribution in [3.63, 3.8) is 0 Å². The van der Waals surface area contributed by atoms with Crippen LogP contribution in [0, 0.1) is 11.3 Å². The number of benzene rings is 1. The lowest BCUT2D eigenvalue weighted by Crippen LogP contribution is -2.49. The lowest BCUT2D eigenvalue weighted by Gasteiger charge is -2.33. The lowest BCUT2D eigenvalue weighted by molar-refractivity contribution is 0.0600. The van der Waals surface area contributed by atoms with Gasteiger partial charge in [-0.1, -0.05) is 12.1 Å². The number of amides is 3. The normalized spacial score (nSPS) is 17.3. The van der Waals surface area contributed by atoms with Crippen LogP contribution in [0.5, 0.6) is 0 Å². The zero-order valence-electron chi connectivity index (χ0n) is 12.4. The number of ether oxygens (including phenoxy) is 1. The molecule has 1 aromatic rings. The molecule has 0 aliphatic carbocycles. The average Bonchev–Trinajstić information content (AvgIpc) is 2.53. The lowest BCUT2D eigenvalue weighted by atomic mass is 9.94. The second-order valence-corrected chi connectivity index (χ2v) is 4.75. The number of nitrogens with one attached hydrogen (secondary N) is 1. The molecule has 0 saturated heterocycles. The first-order valence-electron chi connectivity index (χ1n) is 6.53.